The van der Waals surface area contributed by atoms with Gasteiger partial charge >= 0.3 is 0 Å². The van der Waals surface area contributed by atoms with Crippen LogP contribution in [0.5, 0.6) is 0 Å². The van der Waals surface area contributed by atoms with E-state index in [2.05, 4.69) is 36.1 Å². The Kier molecular flexibility index (Phi) is 5.70. The van der Waals surface area contributed by atoms with Gasteiger partial charge in [0.2, 0.25) is 0 Å². The van der Waals surface area contributed by atoms with Gasteiger partial charge in [0.1, 0.15) is 0 Å². The van der Waals surface area contributed by atoms with Crippen LogP contribution in [0.4, 0.5) is 0 Å². The van der Waals surface area contributed by atoms with Gasteiger partial charge in [-0.25, -0.2) is 0 Å². The predicted molar refractivity (Wildman–Crippen MR) is 90.6 cm³/mol. The average molecular weight is 319 g/mol. The second kappa shape index (κ2) is 7.75. The zero-order chi connectivity index (χ0) is 16.1. The molecule has 3 rings (SSSR count). The summed E-state index contributed by atoms with van der Waals surface area (Å²) in [6.07, 6.45) is 3.72. The van der Waals surface area contributed by atoms with Crippen LogP contribution >= 0.6 is 0 Å². The summed E-state index contributed by atoms with van der Waals surface area (Å²) in [4.78, 5) is 2.47. The summed E-state index contributed by atoms with van der Waals surface area (Å²) in [7, 11) is 0. The molecule has 0 amide bonds. The molecule has 2 fully saturated rings. The van der Waals surface area contributed by atoms with Crippen LogP contribution in [-0.2, 0) is 15.9 Å². The third kappa shape index (κ3) is 4.54. The molecule has 4 heteroatoms. The summed E-state index contributed by atoms with van der Waals surface area (Å²) < 4.78 is 11.2. The highest BCUT2D eigenvalue weighted by Gasteiger charge is 2.40. The first-order valence-electron chi connectivity index (χ1n) is 8.77. The van der Waals surface area contributed by atoms with E-state index in [0.717, 1.165) is 39.1 Å². The minimum absolute atomic E-state index is 0.0636. The first kappa shape index (κ1) is 16.9. The van der Waals surface area contributed by atoms with Crippen LogP contribution in [0, 0.1) is 12.3 Å². The van der Waals surface area contributed by atoms with E-state index in [1.807, 2.05) is 0 Å². The number of hydrogen-bond donors (Lipinski definition) is 1. The molecule has 0 saturated carbocycles. The number of rotatable bonds is 8. The maximum Gasteiger partial charge on any atom is 0.0702 e. The van der Waals surface area contributed by atoms with Gasteiger partial charge in [-0.3, -0.25) is 4.90 Å². The average Bonchev–Trinajstić information content (AvgIpc) is 3.03. The molecular formula is C19H29NO3. The van der Waals surface area contributed by atoms with Crippen LogP contribution in [0.25, 0.3) is 0 Å². The van der Waals surface area contributed by atoms with Gasteiger partial charge in [0, 0.05) is 26.2 Å². The van der Waals surface area contributed by atoms with Crippen LogP contribution in [0.1, 0.15) is 24.0 Å². The minimum atomic E-state index is -0.0636. The summed E-state index contributed by atoms with van der Waals surface area (Å²) in [5.74, 6) is 0. The molecule has 1 aromatic rings. The molecule has 1 aromatic carbocycles. The Morgan fingerprint density at radius 1 is 1.26 bits per heavy atom. The maximum atomic E-state index is 9.72. The SMILES string of the molecule is Cc1ccc(CCN(CC2CCCO2)CC2(CO)COC2)cc1. The van der Waals surface area contributed by atoms with Crippen molar-refractivity contribution in [2.24, 2.45) is 5.41 Å². The van der Waals surface area contributed by atoms with Crippen LogP contribution in [0.3, 0.4) is 0 Å². The van der Waals surface area contributed by atoms with Crippen molar-refractivity contribution in [1.82, 2.24) is 4.90 Å². The lowest BCUT2D eigenvalue weighted by Crippen LogP contribution is -2.54. The highest BCUT2D eigenvalue weighted by molar-refractivity contribution is 5.21. The van der Waals surface area contributed by atoms with Crippen molar-refractivity contribution in [2.75, 3.05) is 46.1 Å². The van der Waals surface area contributed by atoms with Crippen molar-refractivity contribution in [1.29, 1.82) is 0 Å². The predicted octanol–water partition coefficient (Wildman–Crippen LogP) is 2.03. The van der Waals surface area contributed by atoms with E-state index >= 15 is 0 Å². The minimum Gasteiger partial charge on any atom is -0.396 e. The fourth-order valence-corrected chi connectivity index (χ4v) is 3.45. The Balaban J connectivity index is 1.58. The molecule has 23 heavy (non-hydrogen) atoms. The first-order chi connectivity index (χ1) is 11.2. The molecule has 128 valence electrons. The number of ether oxygens (including phenoxy) is 2. The monoisotopic (exact) mass is 319 g/mol. The van der Waals surface area contributed by atoms with Crippen LogP contribution in [0.2, 0.25) is 0 Å². The largest absolute Gasteiger partial charge is 0.396 e. The Labute approximate surface area is 139 Å². The van der Waals surface area contributed by atoms with Crippen LogP contribution in [0.15, 0.2) is 24.3 Å². The van der Waals surface area contributed by atoms with E-state index in [1.54, 1.807) is 0 Å². The molecule has 0 aromatic heterocycles. The quantitative estimate of drug-likeness (QED) is 0.796. The maximum absolute atomic E-state index is 9.72. The topological polar surface area (TPSA) is 41.9 Å². The molecule has 4 nitrogen and oxygen atoms in total. The Bertz CT molecular complexity index is 472. The van der Waals surface area contributed by atoms with Gasteiger partial charge in [-0.1, -0.05) is 29.8 Å². The molecule has 0 bridgehead atoms. The second-order valence-corrected chi connectivity index (χ2v) is 7.26. The molecule has 0 aliphatic carbocycles. The lowest BCUT2D eigenvalue weighted by Gasteiger charge is -2.43. The third-order valence-electron chi connectivity index (χ3n) is 5.03. The Hall–Kier alpha value is -0.940. The number of aliphatic hydroxyl groups is 1. The van der Waals surface area contributed by atoms with Crippen molar-refractivity contribution in [2.45, 2.75) is 32.3 Å². The number of benzene rings is 1. The van der Waals surface area contributed by atoms with Crippen molar-refractivity contribution in [3.05, 3.63) is 35.4 Å². The van der Waals surface area contributed by atoms with Gasteiger partial charge < -0.3 is 14.6 Å². The van der Waals surface area contributed by atoms with Gasteiger partial charge in [0.25, 0.3) is 0 Å². The van der Waals surface area contributed by atoms with E-state index in [9.17, 15) is 5.11 Å². The molecule has 1 unspecified atom stereocenters. The fraction of sp³-hybridized carbons (Fsp3) is 0.684. The lowest BCUT2D eigenvalue weighted by molar-refractivity contribution is -0.150. The Morgan fingerprint density at radius 2 is 2.04 bits per heavy atom. The molecular weight excluding hydrogens is 290 g/mol. The summed E-state index contributed by atoms with van der Waals surface area (Å²) in [6.45, 7) is 7.44. The number of hydrogen-bond acceptors (Lipinski definition) is 4. The van der Waals surface area contributed by atoms with Crippen LogP contribution in [-0.4, -0.2) is 62.2 Å². The van der Waals surface area contributed by atoms with Gasteiger partial charge in [0.15, 0.2) is 0 Å². The summed E-state index contributed by atoms with van der Waals surface area (Å²) in [5.41, 5.74) is 2.61. The van der Waals surface area contributed by atoms with E-state index in [-0.39, 0.29) is 12.0 Å². The molecule has 1 N–H and O–H groups in total. The summed E-state index contributed by atoms with van der Waals surface area (Å²) >= 11 is 0. The van der Waals surface area contributed by atoms with Gasteiger partial charge in [0.05, 0.1) is 31.3 Å². The number of nitrogens with zero attached hydrogens (tertiary/aromatic N) is 1. The normalized spacial score (nSPS) is 23.2. The van der Waals surface area contributed by atoms with Crippen molar-refractivity contribution in [3.63, 3.8) is 0 Å². The molecule has 2 aliphatic heterocycles. The van der Waals surface area contributed by atoms with Crippen molar-refractivity contribution < 1.29 is 14.6 Å². The first-order valence-corrected chi connectivity index (χ1v) is 8.77. The fourth-order valence-electron chi connectivity index (χ4n) is 3.45. The van der Waals surface area contributed by atoms with E-state index in [4.69, 9.17) is 9.47 Å². The van der Waals surface area contributed by atoms with Gasteiger partial charge in [-0.05, 0) is 31.7 Å². The number of aryl methyl sites for hydroxylation is 1. The summed E-state index contributed by atoms with van der Waals surface area (Å²) in [5, 5.41) is 9.72. The smallest absolute Gasteiger partial charge is 0.0702 e. The second-order valence-electron chi connectivity index (χ2n) is 7.26. The summed E-state index contributed by atoms with van der Waals surface area (Å²) in [6, 6.07) is 8.78. The highest BCUT2D eigenvalue weighted by Crippen LogP contribution is 2.28. The van der Waals surface area contributed by atoms with E-state index in [0.29, 0.717) is 19.3 Å². The Morgan fingerprint density at radius 3 is 2.61 bits per heavy atom. The molecule has 0 spiro atoms. The molecule has 0 radical (unpaired) electrons. The van der Waals surface area contributed by atoms with E-state index in [1.165, 1.54) is 17.5 Å². The molecule has 2 aliphatic rings. The highest BCUT2D eigenvalue weighted by atomic mass is 16.5. The molecule has 2 heterocycles. The van der Waals surface area contributed by atoms with Crippen LogP contribution < -0.4 is 0 Å². The zero-order valence-electron chi connectivity index (χ0n) is 14.2. The van der Waals surface area contributed by atoms with Gasteiger partial charge in [-0.15, -0.1) is 0 Å². The van der Waals surface area contributed by atoms with Crippen molar-refractivity contribution >= 4 is 0 Å². The van der Waals surface area contributed by atoms with E-state index < -0.39 is 0 Å². The zero-order valence-corrected chi connectivity index (χ0v) is 14.2. The molecule has 2 saturated heterocycles. The van der Waals surface area contributed by atoms with Crippen molar-refractivity contribution in [3.8, 4) is 0 Å². The standard InChI is InChI=1S/C19H29NO3/c1-16-4-6-17(7-5-16)8-9-20(11-18-3-2-10-23-18)12-19(13-21)14-22-15-19/h4-7,18,21H,2-3,8-15H2,1H3. The number of aliphatic hydroxyl groups excluding tert-OH is 1. The lowest BCUT2D eigenvalue weighted by atomic mass is 9.86. The van der Waals surface area contributed by atoms with Gasteiger partial charge in [-0.2, -0.15) is 0 Å². The molecule has 1 atom stereocenters. The third-order valence-corrected chi connectivity index (χ3v) is 5.03.